The molecule has 12 nitrogen and oxygen atoms in total. The average Bonchev–Trinajstić information content (AvgIpc) is 3.51. The lowest BCUT2D eigenvalue weighted by molar-refractivity contribution is 0.0828. The van der Waals surface area contributed by atoms with Crippen LogP contribution in [-0.2, 0) is 0 Å². The van der Waals surface area contributed by atoms with Crippen molar-refractivity contribution in [1.82, 2.24) is 39.4 Å². The second-order valence-corrected chi connectivity index (χ2v) is 9.34. The molecule has 1 aromatic carbocycles. The van der Waals surface area contributed by atoms with Gasteiger partial charge in [0, 0.05) is 31.0 Å². The third-order valence-electron chi connectivity index (χ3n) is 6.15. The highest BCUT2D eigenvalue weighted by Crippen LogP contribution is 2.27. The fraction of sp³-hybridized carbons (Fsp3) is 0.222. The predicted octanol–water partition coefficient (Wildman–Crippen LogP) is 3.38. The monoisotopic (exact) mass is 522 g/mol. The highest BCUT2D eigenvalue weighted by atomic mass is 16.3. The van der Waals surface area contributed by atoms with Crippen molar-refractivity contribution in [2.45, 2.75) is 26.9 Å². The molecule has 39 heavy (non-hydrogen) atoms. The Hall–Kier alpha value is -5.15. The number of carbonyl (C=O) groups excluding carboxylic acids is 1. The maximum atomic E-state index is 12.7. The number of aromatic nitrogens is 7. The number of imidazole rings is 1. The SMILES string of the molecule is Cc1cc(C(=O)N(C)C)c(Nc2ccc3c(c2)ncn3-c2ccc(C(C)O)c(-n3nc(C#N)cc3C)n2)nn1. The highest BCUT2D eigenvalue weighted by molar-refractivity contribution is 5.99. The van der Waals surface area contributed by atoms with Crippen molar-refractivity contribution in [3.05, 3.63) is 77.0 Å². The van der Waals surface area contributed by atoms with Crippen molar-refractivity contribution in [2.75, 3.05) is 19.4 Å². The molecule has 0 aliphatic rings. The highest BCUT2D eigenvalue weighted by Gasteiger charge is 2.19. The normalized spacial score (nSPS) is 11.8. The van der Waals surface area contributed by atoms with E-state index in [1.807, 2.05) is 35.8 Å². The molecule has 0 aliphatic carbocycles. The van der Waals surface area contributed by atoms with Crippen LogP contribution in [0, 0.1) is 25.2 Å². The van der Waals surface area contributed by atoms with Crippen molar-refractivity contribution in [2.24, 2.45) is 0 Å². The molecular weight excluding hydrogens is 496 g/mol. The lowest BCUT2D eigenvalue weighted by atomic mass is 10.1. The summed E-state index contributed by atoms with van der Waals surface area (Å²) in [4.78, 5) is 23.5. The Labute approximate surface area is 224 Å². The van der Waals surface area contributed by atoms with Crippen LogP contribution >= 0.6 is 0 Å². The van der Waals surface area contributed by atoms with Crippen LogP contribution in [0.5, 0.6) is 0 Å². The van der Waals surface area contributed by atoms with Gasteiger partial charge in [0.25, 0.3) is 5.91 Å². The van der Waals surface area contributed by atoms with Crippen LogP contribution < -0.4 is 5.32 Å². The molecule has 4 aromatic heterocycles. The molecule has 0 saturated heterocycles. The minimum Gasteiger partial charge on any atom is -0.389 e. The van der Waals surface area contributed by atoms with Crippen molar-refractivity contribution >= 4 is 28.4 Å². The first-order valence-electron chi connectivity index (χ1n) is 12.1. The summed E-state index contributed by atoms with van der Waals surface area (Å²) in [6.07, 6.45) is 0.865. The lowest BCUT2D eigenvalue weighted by Gasteiger charge is -2.15. The van der Waals surface area contributed by atoms with Gasteiger partial charge in [-0.15, -0.1) is 5.10 Å². The summed E-state index contributed by atoms with van der Waals surface area (Å²) in [6, 6.07) is 14.6. The summed E-state index contributed by atoms with van der Waals surface area (Å²) < 4.78 is 3.38. The maximum Gasteiger partial charge on any atom is 0.257 e. The molecule has 5 rings (SSSR count). The Balaban J connectivity index is 1.53. The number of rotatable bonds is 6. The van der Waals surface area contributed by atoms with E-state index in [1.165, 1.54) is 4.90 Å². The zero-order valence-corrected chi connectivity index (χ0v) is 22.1. The molecule has 0 radical (unpaired) electrons. The average molecular weight is 523 g/mol. The van der Waals surface area contributed by atoms with Gasteiger partial charge in [-0.3, -0.25) is 9.36 Å². The molecule has 1 amide bonds. The summed E-state index contributed by atoms with van der Waals surface area (Å²) in [5, 5.41) is 35.4. The Morgan fingerprint density at radius 1 is 1.13 bits per heavy atom. The fourth-order valence-corrected chi connectivity index (χ4v) is 4.22. The lowest BCUT2D eigenvalue weighted by Crippen LogP contribution is -2.23. The molecule has 0 bridgehead atoms. The number of fused-ring (bicyclic) bond motifs is 1. The number of nitriles is 1. The van der Waals surface area contributed by atoms with Gasteiger partial charge < -0.3 is 15.3 Å². The largest absolute Gasteiger partial charge is 0.389 e. The van der Waals surface area contributed by atoms with E-state index in [9.17, 15) is 15.2 Å². The third-order valence-corrected chi connectivity index (χ3v) is 6.15. The molecule has 0 aliphatic heterocycles. The maximum absolute atomic E-state index is 12.7. The van der Waals surface area contributed by atoms with Crippen molar-refractivity contribution < 1.29 is 9.90 Å². The second kappa shape index (κ2) is 9.96. The standard InChI is InChI=1S/C27H26N10O2/c1-15-10-21(27(39)35(4)5)25(33-32-15)30-18-6-8-23-22(12-18)29-14-36(23)24-9-7-20(17(3)38)26(31-24)37-16(2)11-19(13-28)34-37/h6-12,14,17,38H,1-5H3,(H,30,33). The Bertz CT molecular complexity index is 1760. The quantitative estimate of drug-likeness (QED) is 0.342. The number of nitrogens with zero attached hydrogens (tertiary/aromatic N) is 9. The first-order valence-corrected chi connectivity index (χ1v) is 12.1. The number of hydrogen-bond donors (Lipinski definition) is 2. The number of amides is 1. The summed E-state index contributed by atoms with van der Waals surface area (Å²) >= 11 is 0. The Kier molecular flexibility index (Phi) is 6.51. The van der Waals surface area contributed by atoms with Crippen LogP contribution in [0.1, 0.15) is 46.0 Å². The number of anilines is 2. The van der Waals surface area contributed by atoms with Gasteiger partial charge >= 0.3 is 0 Å². The minimum atomic E-state index is -0.794. The molecule has 0 fully saturated rings. The molecule has 2 N–H and O–H groups in total. The van der Waals surface area contributed by atoms with Gasteiger partial charge in [-0.05, 0) is 63.2 Å². The van der Waals surface area contributed by atoms with E-state index < -0.39 is 6.10 Å². The van der Waals surface area contributed by atoms with Crippen LogP contribution in [0.3, 0.4) is 0 Å². The molecule has 4 heterocycles. The van der Waals surface area contributed by atoms with Crippen molar-refractivity contribution in [1.29, 1.82) is 5.26 Å². The number of aliphatic hydroxyl groups excluding tert-OH is 1. The van der Waals surface area contributed by atoms with Gasteiger partial charge in [-0.25, -0.2) is 14.6 Å². The number of hydrogen-bond acceptors (Lipinski definition) is 9. The summed E-state index contributed by atoms with van der Waals surface area (Å²) in [6.45, 7) is 5.26. The van der Waals surface area contributed by atoms with E-state index in [-0.39, 0.29) is 11.6 Å². The van der Waals surface area contributed by atoms with Gasteiger partial charge in [-0.1, -0.05) is 0 Å². The van der Waals surface area contributed by atoms with Gasteiger partial charge in [-0.2, -0.15) is 15.5 Å². The van der Waals surface area contributed by atoms with E-state index in [4.69, 9.17) is 4.98 Å². The van der Waals surface area contributed by atoms with Gasteiger partial charge in [0.1, 0.15) is 18.2 Å². The van der Waals surface area contributed by atoms with E-state index in [0.29, 0.717) is 45.5 Å². The zero-order chi connectivity index (χ0) is 27.8. The Morgan fingerprint density at radius 2 is 1.92 bits per heavy atom. The number of pyridine rings is 1. The van der Waals surface area contributed by atoms with Gasteiger partial charge in [0.15, 0.2) is 17.3 Å². The zero-order valence-electron chi connectivity index (χ0n) is 22.1. The van der Waals surface area contributed by atoms with E-state index in [2.05, 4.69) is 25.6 Å². The molecule has 5 aromatic rings. The number of carbonyl (C=O) groups is 1. The van der Waals surface area contributed by atoms with Gasteiger partial charge in [0.05, 0.1) is 28.4 Å². The summed E-state index contributed by atoms with van der Waals surface area (Å²) in [5.74, 6) is 1.16. The molecule has 0 spiro atoms. The molecular formula is C27H26N10O2. The molecule has 1 atom stereocenters. The van der Waals surface area contributed by atoms with E-state index in [1.54, 1.807) is 63.2 Å². The predicted molar refractivity (Wildman–Crippen MR) is 144 cm³/mol. The molecule has 0 saturated carbocycles. The minimum absolute atomic E-state index is 0.183. The van der Waals surface area contributed by atoms with Crippen LogP contribution in [-0.4, -0.2) is 64.5 Å². The van der Waals surface area contributed by atoms with E-state index >= 15 is 0 Å². The Morgan fingerprint density at radius 3 is 2.62 bits per heavy atom. The van der Waals surface area contributed by atoms with E-state index in [0.717, 1.165) is 11.2 Å². The smallest absolute Gasteiger partial charge is 0.257 e. The number of aliphatic hydroxyl groups is 1. The molecule has 196 valence electrons. The van der Waals surface area contributed by atoms with Gasteiger partial charge in [0.2, 0.25) is 0 Å². The second-order valence-electron chi connectivity index (χ2n) is 9.34. The molecule has 12 heteroatoms. The van der Waals surface area contributed by atoms with Crippen molar-refractivity contribution in [3.63, 3.8) is 0 Å². The number of aryl methyl sites for hydroxylation is 2. The van der Waals surface area contributed by atoms with Crippen LogP contribution in [0.25, 0.3) is 22.7 Å². The summed E-state index contributed by atoms with van der Waals surface area (Å²) in [5.41, 5.74) is 4.78. The number of benzene rings is 1. The first kappa shape index (κ1) is 25.5. The van der Waals surface area contributed by atoms with Crippen LogP contribution in [0.15, 0.2) is 48.8 Å². The summed E-state index contributed by atoms with van der Waals surface area (Å²) in [7, 11) is 3.37. The third kappa shape index (κ3) is 4.78. The van der Waals surface area contributed by atoms with Crippen LogP contribution in [0.4, 0.5) is 11.5 Å². The first-order chi connectivity index (χ1) is 18.7. The topological polar surface area (TPSA) is 151 Å². The molecule has 1 unspecified atom stereocenters. The van der Waals surface area contributed by atoms with Crippen LogP contribution in [0.2, 0.25) is 0 Å². The van der Waals surface area contributed by atoms with Crippen molar-refractivity contribution in [3.8, 4) is 17.7 Å². The fourth-order valence-electron chi connectivity index (χ4n) is 4.22. The number of nitrogens with one attached hydrogen (secondary N) is 1.